The second-order valence-electron chi connectivity index (χ2n) is 19.4. The van der Waals surface area contributed by atoms with Crippen LogP contribution in [-0.2, 0) is 41.2 Å². The van der Waals surface area contributed by atoms with Crippen LogP contribution in [0.2, 0.25) is 0 Å². The summed E-state index contributed by atoms with van der Waals surface area (Å²) in [5.74, 6) is -1.01. The van der Waals surface area contributed by atoms with Crippen LogP contribution in [0.15, 0.2) is 96.5 Å². The highest BCUT2D eigenvalue weighted by Gasteiger charge is 2.51. The van der Waals surface area contributed by atoms with Crippen molar-refractivity contribution in [1.29, 1.82) is 5.26 Å². The van der Waals surface area contributed by atoms with Crippen molar-refractivity contribution < 1.29 is 51.7 Å². The SMILES string of the molecule is Cc1ncsc1-c1ccc(CCC(=O)[C@@H]2C[C@@H](O)CN2C(=O)[C@@H](NC(=O)COCCOCCOc2ccc(-c3ccc(N4C(=S)N(c5ccc(C#N)c(C(F)(F)F)c5)C(=O)C4(C)C)cc3)cc2)C(C)(C)C)cc1. The number of benzene rings is 4. The molecule has 0 unspecified atom stereocenters. The Morgan fingerprint density at radius 1 is 0.918 bits per heavy atom. The molecule has 3 atom stereocenters. The largest absolute Gasteiger partial charge is 0.491 e. The normalized spacial score (nSPS) is 17.2. The molecule has 73 heavy (non-hydrogen) atoms. The van der Waals surface area contributed by atoms with Gasteiger partial charge in [0.25, 0.3) is 5.91 Å². The predicted molar refractivity (Wildman–Crippen MR) is 275 cm³/mol. The third-order valence-electron chi connectivity index (χ3n) is 12.7. The van der Waals surface area contributed by atoms with Gasteiger partial charge in [-0.15, -0.1) is 11.3 Å². The molecule has 2 N–H and O–H groups in total. The molecule has 3 amide bonds. The van der Waals surface area contributed by atoms with E-state index >= 15 is 0 Å². The van der Waals surface area contributed by atoms with Gasteiger partial charge in [-0.2, -0.15) is 18.4 Å². The number of alkyl halides is 3. The Kier molecular flexibility index (Phi) is 16.9. The number of hydrogen-bond donors (Lipinski definition) is 2. The lowest BCUT2D eigenvalue weighted by molar-refractivity contribution is -0.144. The molecule has 384 valence electrons. The number of Topliss-reactive ketones (excluding diaryl/α,β-unsaturated/α-hetero) is 1. The molecule has 0 spiro atoms. The number of nitrogens with zero attached hydrogens (tertiary/aromatic N) is 5. The minimum absolute atomic E-state index is 0.000355. The van der Waals surface area contributed by atoms with Crippen LogP contribution in [0.25, 0.3) is 21.6 Å². The van der Waals surface area contributed by atoms with Crippen LogP contribution < -0.4 is 19.9 Å². The van der Waals surface area contributed by atoms with E-state index in [1.165, 1.54) is 11.0 Å². The zero-order valence-electron chi connectivity index (χ0n) is 41.3. The average molecular weight is 1040 g/mol. The first kappa shape index (κ1) is 54.2. The second-order valence-corrected chi connectivity index (χ2v) is 20.7. The minimum atomic E-state index is -4.81. The molecule has 5 aromatic rings. The summed E-state index contributed by atoms with van der Waals surface area (Å²) in [6, 6.07) is 25.4. The molecule has 2 aliphatic rings. The van der Waals surface area contributed by atoms with E-state index in [0.29, 0.717) is 17.9 Å². The molecule has 2 aliphatic heterocycles. The van der Waals surface area contributed by atoms with E-state index in [4.69, 9.17) is 26.4 Å². The predicted octanol–water partition coefficient (Wildman–Crippen LogP) is 8.70. The number of nitriles is 1. The van der Waals surface area contributed by atoms with Gasteiger partial charge in [0.05, 0.1) is 70.9 Å². The van der Waals surface area contributed by atoms with Crippen LogP contribution in [-0.4, -0.2) is 107 Å². The number of ether oxygens (including phenoxy) is 3. The first-order valence-corrected chi connectivity index (χ1v) is 25.0. The Morgan fingerprint density at radius 2 is 1.53 bits per heavy atom. The summed E-state index contributed by atoms with van der Waals surface area (Å²) in [6.07, 6.45) is -4.86. The van der Waals surface area contributed by atoms with Crippen molar-refractivity contribution in [2.75, 3.05) is 49.4 Å². The number of anilines is 2. The smallest absolute Gasteiger partial charge is 0.417 e. The number of aliphatic hydroxyl groups is 1. The fourth-order valence-electron chi connectivity index (χ4n) is 8.82. The molecule has 0 radical (unpaired) electrons. The maximum Gasteiger partial charge on any atom is 0.417 e. The minimum Gasteiger partial charge on any atom is -0.491 e. The lowest BCUT2D eigenvalue weighted by atomic mass is 9.85. The Hall–Kier alpha value is -6.56. The van der Waals surface area contributed by atoms with E-state index < -0.39 is 64.2 Å². The van der Waals surface area contributed by atoms with Gasteiger partial charge < -0.3 is 34.4 Å². The summed E-state index contributed by atoms with van der Waals surface area (Å²) in [5.41, 5.74) is 3.35. The number of halogens is 3. The summed E-state index contributed by atoms with van der Waals surface area (Å²) in [5, 5.41) is 22.6. The Bertz CT molecular complexity index is 2860. The first-order valence-electron chi connectivity index (χ1n) is 23.7. The number of β-amino-alcohol motifs (C(OH)–C–C–N with tert-alkyl or cyclic N) is 1. The Morgan fingerprint density at radius 3 is 2.15 bits per heavy atom. The quantitative estimate of drug-likeness (QED) is 0.0596. The Labute approximate surface area is 431 Å². The lowest BCUT2D eigenvalue weighted by Gasteiger charge is -2.35. The first-order chi connectivity index (χ1) is 34.6. The van der Waals surface area contributed by atoms with Crippen molar-refractivity contribution in [3.05, 3.63) is 119 Å². The number of carbonyl (C=O) groups is 4. The molecule has 1 aromatic heterocycles. The molecule has 2 fully saturated rings. The number of hydrogen-bond acceptors (Lipinski definition) is 12. The van der Waals surface area contributed by atoms with E-state index in [-0.39, 0.29) is 69.0 Å². The zero-order valence-corrected chi connectivity index (χ0v) is 43.0. The number of aromatic nitrogens is 1. The van der Waals surface area contributed by atoms with Crippen molar-refractivity contribution in [3.8, 4) is 33.4 Å². The van der Waals surface area contributed by atoms with Crippen LogP contribution >= 0.6 is 23.6 Å². The van der Waals surface area contributed by atoms with Crippen molar-refractivity contribution >= 4 is 63.5 Å². The highest BCUT2D eigenvalue weighted by molar-refractivity contribution is 7.81. The van der Waals surface area contributed by atoms with Crippen molar-refractivity contribution in [3.63, 3.8) is 0 Å². The number of likely N-dealkylation sites (tertiary alicyclic amines) is 1. The van der Waals surface area contributed by atoms with E-state index in [1.807, 2.05) is 81.7 Å². The number of aliphatic hydroxyl groups excluding tert-OH is 1. The molecule has 0 aliphatic carbocycles. The van der Waals surface area contributed by atoms with Gasteiger partial charge >= 0.3 is 6.18 Å². The van der Waals surface area contributed by atoms with Crippen LogP contribution in [0.1, 0.15) is 69.8 Å². The molecule has 2 saturated heterocycles. The zero-order chi connectivity index (χ0) is 52.8. The number of amides is 3. The average Bonchev–Trinajstić information content (AvgIpc) is 4.02. The molecular formula is C54H57F3N6O8S2. The number of carbonyl (C=O) groups excluding carboxylic acids is 4. The van der Waals surface area contributed by atoms with Crippen LogP contribution in [0.3, 0.4) is 0 Å². The van der Waals surface area contributed by atoms with E-state index in [1.54, 1.807) is 60.4 Å². The highest BCUT2D eigenvalue weighted by atomic mass is 32.1. The van der Waals surface area contributed by atoms with Crippen molar-refractivity contribution in [2.45, 2.75) is 90.7 Å². The van der Waals surface area contributed by atoms with E-state index in [2.05, 4.69) is 10.3 Å². The molecular weight excluding hydrogens is 982 g/mol. The van der Waals surface area contributed by atoms with Gasteiger partial charge in [-0.05, 0) is 110 Å². The van der Waals surface area contributed by atoms with Crippen LogP contribution in [0.5, 0.6) is 5.75 Å². The van der Waals surface area contributed by atoms with Gasteiger partial charge in [-0.25, -0.2) is 4.98 Å². The van der Waals surface area contributed by atoms with Gasteiger partial charge in [0, 0.05) is 25.1 Å². The number of ketones is 1. The van der Waals surface area contributed by atoms with Gasteiger partial charge in [-0.3, -0.25) is 24.1 Å². The van der Waals surface area contributed by atoms with Gasteiger partial charge in [0.1, 0.15) is 30.5 Å². The second kappa shape index (κ2) is 22.7. The molecule has 14 nitrogen and oxygen atoms in total. The number of aryl methyl sites for hydroxylation is 2. The van der Waals surface area contributed by atoms with Crippen molar-refractivity contribution in [1.82, 2.24) is 15.2 Å². The standard InChI is InChI=1S/C54H57F3N6O8S2/c1-33-47(73-32-59-33)37-10-7-34(8-11-37)9-22-45(65)44-28-41(64)30-61(44)49(67)48(52(2,3)4)60-46(66)31-70-24-23-69-25-26-71-42-20-15-36(16-21-42)35-12-17-39(18-13-35)63-51(72)62(50(68)53(63,5)6)40-19-14-38(29-58)43(27-40)54(55,56)57/h7-8,10-21,27,32,41,44,48,64H,9,22-26,28,30-31H2,1-6H3,(H,60,66)/t41-,44+,48-/m1/s1. The molecule has 0 saturated carbocycles. The molecule has 3 heterocycles. The highest BCUT2D eigenvalue weighted by Crippen LogP contribution is 2.40. The number of nitrogens with one attached hydrogen (secondary N) is 1. The number of rotatable bonds is 19. The summed E-state index contributed by atoms with van der Waals surface area (Å²) in [7, 11) is 0. The van der Waals surface area contributed by atoms with Gasteiger partial charge in [0.15, 0.2) is 10.9 Å². The monoisotopic (exact) mass is 1040 g/mol. The number of thiocarbonyl (C=S) groups is 1. The van der Waals surface area contributed by atoms with Crippen LogP contribution in [0, 0.1) is 23.7 Å². The molecule has 4 aromatic carbocycles. The maximum absolute atomic E-state index is 14.0. The molecule has 0 bridgehead atoms. The third-order valence-corrected chi connectivity index (χ3v) is 14.1. The third kappa shape index (κ3) is 12.6. The number of thiazole rings is 1. The van der Waals surface area contributed by atoms with Crippen molar-refractivity contribution in [2.24, 2.45) is 5.41 Å². The fraction of sp³-hybridized carbons (Fsp3) is 0.389. The summed E-state index contributed by atoms with van der Waals surface area (Å²) in [4.78, 5) is 63.7. The topological polar surface area (TPSA) is 175 Å². The fourth-order valence-corrected chi connectivity index (χ4v) is 10.2. The lowest BCUT2D eigenvalue weighted by Crippen LogP contribution is -2.57. The molecule has 19 heteroatoms. The van der Waals surface area contributed by atoms with Gasteiger partial charge in [0.2, 0.25) is 11.8 Å². The van der Waals surface area contributed by atoms with E-state index in [9.17, 15) is 42.7 Å². The molecule has 7 rings (SSSR count). The summed E-state index contributed by atoms with van der Waals surface area (Å²) >= 11 is 7.24. The Balaban J connectivity index is 0.823. The van der Waals surface area contributed by atoms with Gasteiger partial charge in [-0.1, -0.05) is 69.3 Å². The van der Waals surface area contributed by atoms with Crippen LogP contribution in [0.4, 0.5) is 24.5 Å². The maximum atomic E-state index is 14.0. The summed E-state index contributed by atoms with van der Waals surface area (Å²) in [6.45, 7) is 11.1. The van der Waals surface area contributed by atoms with E-state index in [0.717, 1.165) is 49.9 Å². The summed E-state index contributed by atoms with van der Waals surface area (Å²) < 4.78 is 58.3.